The first kappa shape index (κ1) is 13.8. The lowest BCUT2D eigenvalue weighted by molar-refractivity contribution is -0.125. The van der Waals surface area contributed by atoms with Crippen LogP contribution in [0.15, 0.2) is 36.9 Å². The maximum Gasteiger partial charge on any atom is 0.246 e. The van der Waals surface area contributed by atoms with Gasteiger partial charge in [-0.05, 0) is 30.0 Å². The molecular formula is C16H21NO2. The second-order valence-electron chi connectivity index (χ2n) is 4.88. The van der Waals surface area contributed by atoms with Crippen LogP contribution >= 0.6 is 0 Å². The maximum absolute atomic E-state index is 11.5. The molecule has 1 heterocycles. The fourth-order valence-electron chi connectivity index (χ4n) is 2.28. The molecule has 0 radical (unpaired) electrons. The number of likely N-dealkylation sites (tertiary alicyclic amines) is 1. The maximum atomic E-state index is 11.5. The zero-order valence-corrected chi connectivity index (χ0v) is 11.5. The van der Waals surface area contributed by atoms with Crippen molar-refractivity contribution in [2.45, 2.75) is 32.5 Å². The van der Waals surface area contributed by atoms with Gasteiger partial charge in [-0.1, -0.05) is 37.8 Å². The van der Waals surface area contributed by atoms with Gasteiger partial charge in [-0.15, -0.1) is 0 Å². The summed E-state index contributed by atoms with van der Waals surface area (Å²) < 4.78 is 5.86. The number of nitrogens with zero attached hydrogens (tertiary/aromatic N) is 1. The third-order valence-electron chi connectivity index (χ3n) is 3.55. The standard InChI is InChI=1S/C16H21NO2/c1-3-13-5-7-14(8-6-13)12-19-15-9-10-17(11-15)16(18)4-2/h4-8,15H,2-3,9-12H2,1H3/t15-/m0/s1. The highest BCUT2D eigenvalue weighted by molar-refractivity contribution is 5.87. The number of rotatable bonds is 5. The number of carbonyl (C=O) groups is 1. The van der Waals surface area contributed by atoms with E-state index >= 15 is 0 Å². The highest BCUT2D eigenvalue weighted by Crippen LogP contribution is 2.15. The van der Waals surface area contributed by atoms with Gasteiger partial charge in [0.2, 0.25) is 5.91 Å². The molecule has 1 aliphatic heterocycles. The summed E-state index contributed by atoms with van der Waals surface area (Å²) in [5.74, 6) is -0.00148. The van der Waals surface area contributed by atoms with Crippen LogP contribution in [0.2, 0.25) is 0 Å². The van der Waals surface area contributed by atoms with Crippen molar-refractivity contribution in [3.63, 3.8) is 0 Å². The SMILES string of the molecule is C=CC(=O)N1CC[C@H](OCc2ccc(CC)cc2)C1. The Bertz CT molecular complexity index is 439. The number of ether oxygens (including phenoxy) is 1. The molecule has 0 saturated carbocycles. The first-order valence-electron chi connectivity index (χ1n) is 6.83. The molecule has 19 heavy (non-hydrogen) atoms. The molecule has 1 aliphatic rings. The van der Waals surface area contributed by atoms with Crippen LogP contribution in [0.3, 0.4) is 0 Å². The molecule has 0 spiro atoms. The van der Waals surface area contributed by atoms with Gasteiger partial charge in [0.15, 0.2) is 0 Å². The summed E-state index contributed by atoms with van der Waals surface area (Å²) in [6.07, 6.45) is 3.48. The Balaban J connectivity index is 1.79. The number of carbonyl (C=O) groups excluding carboxylic acids is 1. The van der Waals surface area contributed by atoms with E-state index in [4.69, 9.17) is 4.74 Å². The summed E-state index contributed by atoms with van der Waals surface area (Å²) in [4.78, 5) is 13.2. The number of benzene rings is 1. The molecule has 1 fully saturated rings. The second-order valence-corrected chi connectivity index (χ2v) is 4.88. The molecule has 0 unspecified atom stereocenters. The zero-order chi connectivity index (χ0) is 13.7. The van der Waals surface area contributed by atoms with E-state index in [1.54, 1.807) is 4.90 Å². The number of aryl methyl sites for hydroxylation is 1. The number of hydrogen-bond donors (Lipinski definition) is 0. The number of amides is 1. The predicted molar refractivity (Wildman–Crippen MR) is 75.8 cm³/mol. The molecule has 1 aromatic carbocycles. The van der Waals surface area contributed by atoms with E-state index in [1.807, 2.05) is 0 Å². The normalized spacial score (nSPS) is 18.6. The van der Waals surface area contributed by atoms with Crippen LogP contribution in [0.1, 0.15) is 24.5 Å². The van der Waals surface area contributed by atoms with Crippen molar-refractivity contribution in [3.05, 3.63) is 48.0 Å². The lowest BCUT2D eigenvalue weighted by Gasteiger charge is -2.14. The summed E-state index contributed by atoms with van der Waals surface area (Å²) >= 11 is 0. The van der Waals surface area contributed by atoms with E-state index in [0.29, 0.717) is 13.2 Å². The van der Waals surface area contributed by atoms with Gasteiger partial charge in [0.05, 0.1) is 12.7 Å². The van der Waals surface area contributed by atoms with E-state index in [0.717, 1.165) is 19.4 Å². The number of hydrogen-bond acceptors (Lipinski definition) is 2. The van der Waals surface area contributed by atoms with Gasteiger partial charge in [0.1, 0.15) is 0 Å². The minimum absolute atomic E-state index is 0.00148. The topological polar surface area (TPSA) is 29.5 Å². The van der Waals surface area contributed by atoms with Crippen molar-refractivity contribution in [2.24, 2.45) is 0 Å². The Labute approximate surface area is 114 Å². The Morgan fingerprint density at radius 3 is 2.74 bits per heavy atom. The average Bonchev–Trinajstić information content (AvgIpc) is 2.93. The Kier molecular flexibility index (Phi) is 4.74. The molecule has 0 aliphatic carbocycles. The third kappa shape index (κ3) is 3.67. The van der Waals surface area contributed by atoms with Crippen molar-refractivity contribution < 1.29 is 9.53 Å². The van der Waals surface area contributed by atoms with Gasteiger partial charge < -0.3 is 9.64 Å². The highest BCUT2D eigenvalue weighted by atomic mass is 16.5. The average molecular weight is 259 g/mol. The summed E-state index contributed by atoms with van der Waals surface area (Å²) in [6, 6.07) is 8.50. The molecule has 0 aromatic heterocycles. The molecule has 0 N–H and O–H groups in total. The molecule has 1 aromatic rings. The molecule has 2 rings (SSSR count). The molecule has 1 saturated heterocycles. The largest absolute Gasteiger partial charge is 0.372 e. The van der Waals surface area contributed by atoms with Gasteiger partial charge in [0.25, 0.3) is 0 Å². The van der Waals surface area contributed by atoms with Crippen molar-refractivity contribution in [1.82, 2.24) is 4.90 Å². The van der Waals surface area contributed by atoms with E-state index in [2.05, 4.69) is 37.8 Å². The Morgan fingerprint density at radius 1 is 1.42 bits per heavy atom. The Hall–Kier alpha value is -1.61. The van der Waals surface area contributed by atoms with Crippen LogP contribution in [-0.4, -0.2) is 30.0 Å². The van der Waals surface area contributed by atoms with Crippen LogP contribution in [0.4, 0.5) is 0 Å². The van der Waals surface area contributed by atoms with Crippen molar-refractivity contribution in [3.8, 4) is 0 Å². The highest BCUT2D eigenvalue weighted by Gasteiger charge is 2.25. The summed E-state index contributed by atoms with van der Waals surface area (Å²) in [6.45, 7) is 7.72. The minimum atomic E-state index is -0.00148. The van der Waals surface area contributed by atoms with Gasteiger partial charge in [-0.25, -0.2) is 0 Å². The third-order valence-corrected chi connectivity index (χ3v) is 3.55. The first-order valence-corrected chi connectivity index (χ1v) is 6.83. The monoisotopic (exact) mass is 259 g/mol. The molecule has 1 atom stereocenters. The fourth-order valence-corrected chi connectivity index (χ4v) is 2.28. The van der Waals surface area contributed by atoms with Crippen molar-refractivity contribution in [1.29, 1.82) is 0 Å². The van der Waals surface area contributed by atoms with Crippen molar-refractivity contribution in [2.75, 3.05) is 13.1 Å². The Morgan fingerprint density at radius 2 is 2.11 bits per heavy atom. The van der Waals surface area contributed by atoms with E-state index in [9.17, 15) is 4.79 Å². The van der Waals surface area contributed by atoms with Gasteiger partial charge in [-0.2, -0.15) is 0 Å². The van der Waals surface area contributed by atoms with Crippen LogP contribution in [0.25, 0.3) is 0 Å². The van der Waals surface area contributed by atoms with Gasteiger partial charge >= 0.3 is 0 Å². The minimum Gasteiger partial charge on any atom is -0.372 e. The van der Waals surface area contributed by atoms with Gasteiger partial charge in [-0.3, -0.25) is 4.79 Å². The van der Waals surface area contributed by atoms with Gasteiger partial charge in [0, 0.05) is 13.1 Å². The van der Waals surface area contributed by atoms with E-state index in [1.165, 1.54) is 17.2 Å². The second kappa shape index (κ2) is 6.53. The van der Waals surface area contributed by atoms with Crippen LogP contribution in [0.5, 0.6) is 0 Å². The summed E-state index contributed by atoms with van der Waals surface area (Å²) in [5.41, 5.74) is 2.53. The molecule has 3 heteroatoms. The smallest absolute Gasteiger partial charge is 0.246 e. The van der Waals surface area contributed by atoms with Crippen molar-refractivity contribution >= 4 is 5.91 Å². The lowest BCUT2D eigenvalue weighted by atomic mass is 10.1. The van der Waals surface area contributed by atoms with Crippen LogP contribution < -0.4 is 0 Å². The predicted octanol–water partition coefficient (Wildman–Crippen LogP) is 2.55. The van der Waals surface area contributed by atoms with E-state index in [-0.39, 0.29) is 12.0 Å². The quantitative estimate of drug-likeness (QED) is 0.761. The lowest BCUT2D eigenvalue weighted by Crippen LogP contribution is -2.28. The molecule has 1 amide bonds. The molecule has 0 bridgehead atoms. The summed E-state index contributed by atoms with van der Waals surface area (Å²) in [5, 5.41) is 0. The fraction of sp³-hybridized carbons (Fsp3) is 0.438. The summed E-state index contributed by atoms with van der Waals surface area (Å²) in [7, 11) is 0. The van der Waals surface area contributed by atoms with Crippen LogP contribution in [0, 0.1) is 0 Å². The van der Waals surface area contributed by atoms with Crippen LogP contribution in [-0.2, 0) is 22.6 Å². The molecule has 102 valence electrons. The zero-order valence-electron chi connectivity index (χ0n) is 11.5. The van der Waals surface area contributed by atoms with E-state index < -0.39 is 0 Å². The molecule has 3 nitrogen and oxygen atoms in total. The first-order chi connectivity index (χ1) is 9.22. The molecular weight excluding hydrogens is 238 g/mol.